The summed E-state index contributed by atoms with van der Waals surface area (Å²) in [5.41, 5.74) is 0.552. The van der Waals surface area contributed by atoms with Crippen LogP contribution in [-0.2, 0) is 22.4 Å². The summed E-state index contributed by atoms with van der Waals surface area (Å²) in [5.74, 6) is -1.89. The topological polar surface area (TPSA) is 107 Å². The van der Waals surface area contributed by atoms with E-state index in [2.05, 4.69) is 15.3 Å². The number of carbonyl (C=O) groups excluding carboxylic acids is 3. The van der Waals surface area contributed by atoms with Gasteiger partial charge in [0.25, 0.3) is 11.8 Å². The number of ether oxygens (including phenoxy) is 2. The van der Waals surface area contributed by atoms with Crippen molar-refractivity contribution in [2.75, 3.05) is 14.2 Å². The molecule has 40 heavy (non-hydrogen) atoms. The third-order valence-electron chi connectivity index (χ3n) is 7.03. The molecule has 204 valence electrons. The normalized spacial score (nSPS) is 13.5. The molecule has 4 aromatic rings. The molecule has 5 rings (SSSR count). The number of nitrogens with one attached hydrogen (secondary N) is 1. The predicted octanol–water partition coefficient (Wildman–Crippen LogP) is 4.77. The predicted molar refractivity (Wildman–Crippen MR) is 141 cm³/mol. The molecule has 1 fully saturated rings. The Labute approximate surface area is 228 Å². The summed E-state index contributed by atoms with van der Waals surface area (Å²) < 4.78 is 39.3. The molecule has 1 N–H and O–H groups in total. The van der Waals surface area contributed by atoms with Gasteiger partial charge in [0.05, 0.1) is 23.6 Å². The Morgan fingerprint density at radius 3 is 2.25 bits per heavy atom. The van der Waals surface area contributed by atoms with E-state index in [1.54, 1.807) is 6.07 Å². The first-order valence-electron chi connectivity index (χ1n) is 12.6. The van der Waals surface area contributed by atoms with Gasteiger partial charge in [-0.05, 0) is 54.3 Å². The number of halogens is 2. The highest BCUT2D eigenvalue weighted by atomic mass is 19.1. The summed E-state index contributed by atoms with van der Waals surface area (Å²) >= 11 is 0. The van der Waals surface area contributed by atoms with E-state index in [1.807, 2.05) is 0 Å². The lowest BCUT2D eigenvalue weighted by atomic mass is 9.88. The smallest absolute Gasteiger partial charge is 0.255 e. The number of methoxy groups -OCH3 is 1. The molecule has 8 nitrogen and oxygen atoms in total. The molecule has 2 heterocycles. The number of nitrogens with zero attached hydrogens (tertiary/aromatic N) is 2. The van der Waals surface area contributed by atoms with Crippen LogP contribution in [0.5, 0.6) is 17.4 Å². The summed E-state index contributed by atoms with van der Waals surface area (Å²) in [5, 5.41) is 2.98. The zero-order chi connectivity index (χ0) is 28.4. The number of benzene rings is 2. The standard InChI is InChI=1S/C30H25F2N3O5/c1-33-28(38)21-14-20-23(15-25(21)39-2)34-10-7-24(20)40-29-22(32)11-18(16-35-29)13-27(37)30(8-9-30)26(36)12-17-3-5-19(31)6-4-17/h3-7,10-11,14-16H,8-9,12-13H2,1-2H3,(H,33,38). The molecular formula is C30H25F2N3O5. The van der Waals surface area contributed by atoms with Gasteiger partial charge in [-0.1, -0.05) is 12.1 Å². The number of carbonyl (C=O) groups is 3. The highest BCUT2D eigenvalue weighted by molar-refractivity contribution is 6.11. The number of rotatable bonds is 10. The van der Waals surface area contributed by atoms with Crippen LogP contribution in [0.3, 0.4) is 0 Å². The number of pyridine rings is 2. The first-order valence-corrected chi connectivity index (χ1v) is 12.6. The first-order chi connectivity index (χ1) is 19.2. The second-order valence-electron chi connectivity index (χ2n) is 9.60. The molecule has 0 radical (unpaired) electrons. The van der Waals surface area contributed by atoms with E-state index in [4.69, 9.17) is 9.47 Å². The zero-order valence-corrected chi connectivity index (χ0v) is 21.8. The van der Waals surface area contributed by atoms with E-state index in [1.165, 1.54) is 62.9 Å². The van der Waals surface area contributed by atoms with Crippen LogP contribution in [0, 0.1) is 17.0 Å². The van der Waals surface area contributed by atoms with Gasteiger partial charge in [0.1, 0.15) is 17.3 Å². The number of hydrogen-bond donors (Lipinski definition) is 1. The minimum Gasteiger partial charge on any atom is -0.496 e. The van der Waals surface area contributed by atoms with Crippen molar-refractivity contribution >= 4 is 28.4 Å². The van der Waals surface area contributed by atoms with Crippen molar-refractivity contribution in [1.29, 1.82) is 0 Å². The maximum absolute atomic E-state index is 15.1. The Morgan fingerprint density at radius 2 is 1.62 bits per heavy atom. The van der Waals surface area contributed by atoms with E-state index in [0.717, 1.165) is 6.07 Å². The molecular weight excluding hydrogens is 520 g/mol. The molecule has 0 spiro atoms. The molecule has 1 aliphatic rings. The number of ketones is 2. The Bertz CT molecular complexity index is 1630. The Balaban J connectivity index is 1.33. The maximum Gasteiger partial charge on any atom is 0.255 e. The van der Waals surface area contributed by atoms with E-state index < -0.39 is 17.0 Å². The SMILES string of the molecule is CNC(=O)c1cc2c(Oc3ncc(CC(=O)C4(C(=O)Cc5ccc(F)cc5)CC4)cc3F)ccnc2cc1OC. The zero-order valence-electron chi connectivity index (χ0n) is 21.8. The van der Waals surface area contributed by atoms with Crippen LogP contribution in [0.15, 0.2) is 60.9 Å². The summed E-state index contributed by atoms with van der Waals surface area (Å²) in [6.07, 6.45) is 3.53. The third-order valence-corrected chi connectivity index (χ3v) is 7.03. The summed E-state index contributed by atoms with van der Waals surface area (Å²) in [6.45, 7) is 0. The lowest BCUT2D eigenvalue weighted by Gasteiger charge is -2.14. The van der Waals surface area contributed by atoms with E-state index in [0.29, 0.717) is 40.6 Å². The molecule has 0 saturated heterocycles. The second kappa shape index (κ2) is 10.8. The summed E-state index contributed by atoms with van der Waals surface area (Å²) in [4.78, 5) is 46.6. The molecule has 1 saturated carbocycles. The first kappa shape index (κ1) is 26.9. The molecule has 1 aliphatic carbocycles. The largest absolute Gasteiger partial charge is 0.496 e. The van der Waals surface area contributed by atoms with Gasteiger partial charge < -0.3 is 14.8 Å². The van der Waals surface area contributed by atoms with Crippen LogP contribution in [0.4, 0.5) is 8.78 Å². The van der Waals surface area contributed by atoms with Crippen molar-refractivity contribution in [3.05, 3.63) is 89.2 Å². The van der Waals surface area contributed by atoms with Crippen LogP contribution in [0.1, 0.15) is 34.3 Å². The van der Waals surface area contributed by atoms with Crippen molar-refractivity contribution in [2.24, 2.45) is 5.41 Å². The molecule has 1 amide bonds. The molecule has 0 unspecified atom stereocenters. The average Bonchev–Trinajstić information content (AvgIpc) is 3.77. The maximum atomic E-state index is 15.1. The quantitative estimate of drug-likeness (QED) is 0.286. The van der Waals surface area contributed by atoms with E-state index in [-0.39, 0.29) is 47.5 Å². The van der Waals surface area contributed by atoms with Crippen molar-refractivity contribution in [2.45, 2.75) is 25.7 Å². The number of hydrogen-bond acceptors (Lipinski definition) is 7. The molecule has 0 bridgehead atoms. The van der Waals surface area contributed by atoms with E-state index in [9.17, 15) is 18.8 Å². The Morgan fingerprint density at radius 1 is 0.925 bits per heavy atom. The summed E-state index contributed by atoms with van der Waals surface area (Å²) in [7, 11) is 2.93. The Hall–Kier alpha value is -4.73. The van der Waals surface area contributed by atoms with Gasteiger partial charge in [0.15, 0.2) is 17.4 Å². The van der Waals surface area contributed by atoms with Crippen molar-refractivity contribution < 1.29 is 32.6 Å². The number of fused-ring (bicyclic) bond motifs is 1. The van der Waals surface area contributed by atoms with Crippen LogP contribution in [0.25, 0.3) is 10.9 Å². The average molecular weight is 546 g/mol. The molecule has 10 heteroatoms. The van der Waals surface area contributed by atoms with Crippen molar-refractivity contribution in [3.8, 4) is 17.4 Å². The third kappa shape index (κ3) is 5.25. The molecule has 2 aromatic heterocycles. The van der Waals surface area contributed by atoms with E-state index >= 15 is 4.39 Å². The van der Waals surface area contributed by atoms with Crippen LogP contribution in [0.2, 0.25) is 0 Å². The monoisotopic (exact) mass is 545 g/mol. The van der Waals surface area contributed by atoms with Gasteiger partial charge in [-0.15, -0.1) is 0 Å². The van der Waals surface area contributed by atoms with Crippen molar-refractivity contribution in [3.63, 3.8) is 0 Å². The van der Waals surface area contributed by atoms with Crippen LogP contribution >= 0.6 is 0 Å². The fourth-order valence-electron chi connectivity index (χ4n) is 4.61. The number of amides is 1. The Kier molecular flexibility index (Phi) is 7.25. The van der Waals surface area contributed by atoms with Gasteiger partial charge in [0, 0.05) is 43.7 Å². The highest BCUT2D eigenvalue weighted by Crippen LogP contribution is 2.49. The molecule has 2 aromatic carbocycles. The van der Waals surface area contributed by atoms with Gasteiger partial charge in [0.2, 0.25) is 0 Å². The molecule has 0 atom stereocenters. The van der Waals surface area contributed by atoms with Gasteiger partial charge in [-0.3, -0.25) is 19.4 Å². The molecule has 0 aliphatic heterocycles. The van der Waals surface area contributed by atoms with Gasteiger partial charge >= 0.3 is 0 Å². The van der Waals surface area contributed by atoms with Crippen LogP contribution < -0.4 is 14.8 Å². The van der Waals surface area contributed by atoms with Crippen molar-refractivity contribution in [1.82, 2.24) is 15.3 Å². The van der Waals surface area contributed by atoms with Crippen LogP contribution in [-0.4, -0.2) is 41.6 Å². The number of aromatic nitrogens is 2. The fourth-order valence-corrected chi connectivity index (χ4v) is 4.61. The lowest BCUT2D eigenvalue weighted by molar-refractivity contribution is -0.133. The van der Waals surface area contributed by atoms with Gasteiger partial charge in [-0.2, -0.15) is 0 Å². The highest BCUT2D eigenvalue weighted by Gasteiger charge is 2.54. The van der Waals surface area contributed by atoms with Gasteiger partial charge in [-0.25, -0.2) is 13.8 Å². The fraction of sp³-hybridized carbons (Fsp3) is 0.233. The number of Topliss-reactive ketones (excluding diaryl/α,β-unsaturated/α-hetero) is 2. The second-order valence-corrected chi connectivity index (χ2v) is 9.60. The lowest BCUT2D eigenvalue weighted by Crippen LogP contribution is -2.29. The minimum absolute atomic E-state index is 0.0266. The minimum atomic E-state index is -1.10. The summed E-state index contributed by atoms with van der Waals surface area (Å²) in [6, 6.07) is 11.4.